The van der Waals surface area contributed by atoms with Crippen molar-refractivity contribution in [1.82, 2.24) is 19.8 Å². The van der Waals surface area contributed by atoms with Crippen LogP contribution in [0.15, 0.2) is 12.4 Å². The Morgan fingerprint density at radius 3 is 2.62 bits per heavy atom. The van der Waals surface area contributed by atoms with Gasteiger partial charge < -0.3 is 14.8 Å². The van der Waals surface area contributed by atoms with Crippen LogP contribution in [-0.4, -0.2) is 33.1 Å². The lowest BCUT2D eigenvalue weighted by Crippen LogP contribution is -2.47. The summed E-state index contributed by atoms with van der Waals surface area (Å²) in [5, 5.41) is 2.90. The van der Waals surface area contributed by atoms with Gasteiger partial charge in [-0.2, -0.15) is 0 Å². The average Bonchev–Trinajstić information content (AvgIpc) is 2.49. The number of aromatic nitrogens is 2. The van der Waals surface area contributed by atoms with Crippen LogP contribution in [0.1, 0.15) is 26.6 Å². The molecule has 0 aliphatic rings. The Morgan fingerprint density at radius 2 is 2.19 bits per heavy atom. The Balaban J connectivity index is 2.56. The summed E-state index contributed by atoms with van der Waals surface area (Å²) in [6, 6.07) is -0.0875. The van der Waals surface area contributed by atoms with Crippen molar-refractivity contribution < 1.29 is 4.79 Å². The molecule has 1 aromatic rings. The predicted octanol–water partition coefficient (Wildman–Crippen LogP) is 1.36. The van der Waals surface area contributed by atoms with Crippen molar-refractivity contribution in [2.75, 3.05) is 7.05 Å². The molecule has 0 atom stereocenters. The lowest BCUT2D eigenvalue weighted by molar-refractivity contribution is 0.196. The minimum Gasteiger partial charge on any atom is -0.337 e. The number of carbonyl (C=O) groups is 1. The van der Waals surface area contributed by atoms with Crippen molar-refractivity contribution in [2.45, 2.75) is 32.9 Å². The molecule has 1 heterocycles. The zero-order valence-corrected chi connectivity index (χ0v) is 10.6. The molecule has 0 bridgehead atoms. The molecule has 2 amide bonds. The van der Waals surface area contributed by atoms with E-state index in [2.05, 4.69) is 10.3 Å². The number of urea groups is 1. The van der Waals surface area contributed by atoms with E-state index < -0.39 is 0 Å². The average molecular weight is 224 g/mol. The third-order valence-corrected chi connectivity index (χ3v) is 2.13. The molecule has 0 aliphatic carbocycles. The molecule has 0 aromatic carbocycles. The SMILES string of the molecule is CN(Cc1nccn1C)C(=O)NC(C)(C)C. The van der Waals surface area contributed by atoms with Gasteiger partial charge in [-0.15, -0.1) is 0 Å². The molecule has 0 spiro atoms. The lowest BCUT2D eigenvalue weighted by atomic mass is 10.1. The van der Waals surface area contributed by atoms with Crippen LogP contribution in [0, 0.1) is 0 Å². The second-order valence-electron chi connectivity index (χ2n) is 4.99. The second kappa shape index (κ2) is 4.55. The van der Waals surface area contributed by atoms with E-state index in [0.717, 1.165) is 5.82 Å². The van der Waals surface area contributed by atoms with Crippen LogP contribution in [-0.2, 0) is 13.6 Å². The summed E-state index contributed by atoms with van der Waals surface area (Å²) < 4.78 is 1.90. The van der Waals surface area contributed by atoms with Gasteiger partial charge in [0.15, 0.2) is 0 Å². The molecule has 0 aliphatic heterocycles. The van der Waals surface area contributed by atoms with Gasteiger partial charge in [-0.05, 0) is 20.8 Å². The number of nitrogens with one attached hydrogen (secondary N) is 1. The van der Waals surface area contributed by atoms with Gasteiger partial charge in [-0.3, -0.25) is 0 Å². The quantitative estimate of drug-likeness (QED) is 0.824. The van der Waals surface area contributed by atoms with E-state index in [1.165, 1.54) is 0 Å². The first-order valence-corrected chi connectivity index (χ1v) is 5.29. The molecular formula is C11H20N4O. The predicted molar refractivity (Wildman–Crippen MR) is 63.0 cm³/mol. The third-order valence-electron chi connectivity index (χ3n) is 2.13. The van der Waals surface area contributed by atoms with E-state index in [4.69, 9.17) is 0 Å². The minimum absolute atomic E-state index is 0.0875. The minimum atomic E-state index is -0.215. The van der Waals surface area contributed by atoms with Crippen molar-refractivity contribution in [2.24, 2.45) is 7.05 Å². The number of nitrogens with zero attached hydrogens (tertiary/aromatic N) is 3. The summed E-state index contributed by atoms with van der Waals surface area (Å²) in [6.45, 7) is 6.38. The smallest absolute Gasteiger partial charge is 0.317 e. The first kappa shape index (κ1) is 12.5. The Labute approximate surface area is 96.5 Å². The summed E-state index contributed by atoms with van der Waals surface area (Å²) in [6.07, 6.45) is 3.59. The van der Waals surface area contributed by atoms with Gasteiger partial charge in [-0.25, -0.2) is 9.78 Å². The molecule has 5 heteroatoms. The van der Waals surface area contributed by atoms with E-state index in [1.54, 1.807) is 18.1 Å². The zero-order valence-electron chi connectivity index (χ0n) is 10.6. The number of carbonyl (C=O) groups excluding carboxylic acids is 1. The molecule has 0 radical (unpaired) electrons. The second-order valence-corrected chi connectivity index (χ2v) is 4.99. The molecule has 0 saturated heterocycles. The van der Waals surface area contributed by atoms with Crippen LogP contribution in [0.3, 0.4) is 0 Å². The van der Waals surface area contributed by atoms with E-state index in [0.29, 0.717) is 6.54 Å². The van der Waals surface area contributed by atoms with Gasteiger partial charge in [0.1, 0.15) is 5.82 Å². The molecule has 0 saturated carbocycles. The van der Waals surface area contributed by atoms with Crippen molar-refractivity contribution in [3.63, 3.8) is 0 Å². The third kappa shape index (κ3) is 3.56. The van der Waals surface area contributed by atoms with Gasteiger partial charge in [0.2, 0.25) is 0 Å². The highest BCUT2D eigenvalue weighted by molar-refractivity contribution is 5.74. The Morgan fingerprint density at radius 1 is 1.56 bits per heavy atom. The van der Waals surface area contributed by atoms with E-state index in [-0.39, 0.29) is 11.6 Å². The number of rotatable bonds is 2. The zero-order chi connectivity index (χ0) is 12.3. The number of hydrogen-bond donors (Lipinski definition) is 1. The van der Waals surface area contributed by atoms with E-state index in [9.17, 15) is 4.79 Å². The summed E-state index contributed by atoms with van der Waals surface area (Å²) in [5.74, 6) is 0.867. The summed E-state index contributed by atoms with van der Waals surface area (Å²) in [5.41, 5.74) is -0.215. The first-order chi connectivity index (χ1) is 7.29. The maximum atomic E-state index is 11.8. The number of imidazole rings is 1. The molecule has 0 fully saturated rings. The fourth-order valence-corrected chi connectivity index (χ4v) is 1.25. The Bertz CT molecular complexity index is 364. The molecule has 90 valence electrons. The summed E-state index contributed by atoms with van der Waals surface area (Å²) >= 11 is 0. The fraction of sp³-hybridized carbons (Fsp3) is 0.636. The highest BCUT2D eigenvalue weighted by atomic mass is 16.2. The molecule has 1 aromatic heterocycles. The highest BCUT2D eigenvalue weighted by Gasteiger charge is 2.17. The number of amides is 2. The van der Waals surface area contributed by atoms with Gasteiger partial charge in [-0.1, -0.05) is 0 Å². The van der Waals surface area contributed by atoms with Gasteiger partial charge >= 0.3 is 6.03 Å². The topological polar surface area (TPSA) is 50.2 Å². The number of aryl methyl sites for hydroxylation is 1. The lowest BCUT2D eigenvalue weighted by Gasteiger charge is -2.25. The standard InChI is InChI=1S/C11H20N4O/c1-11(2,3)13-10(16)15(5)8-9-12-6-7-14(9)4/h6-7H,8H2,1-5H3,(H,13,16). The summed E-state index contributed by atoms with van der Waals surface area (Å²) in [4.78, 5) is 17.6. The first-order valence-electron chi connectivity index (χ1n) is 5.29. The largest absolute Gasteiger partial charge is 0.337 e. The van der Waals surface area contributed by atoms with Crippen LogP contribution in [0.5, 0.6) is 0 Å². The maximum absolute atomic E-state index is 11.8. The van der Waals surface area contributed by atoms with E-state index >= 15 is 0 Å². The van der Waals surface area contributed by atoms with Crippen LogP contribution < -0.4 is 5.32 Å². The molecular weight excluding hydrogens is 204 g/mol. The van der Waals surface area contributed by atoms with Gasteiger partial charge in [0.25, 0.3) is 0 Å². The van der Waals surface area contributed by atoms with Crippen LogP contribution in [0.4, 0.5) is 4.79 Å². The van der Waals surface area contributed by atoms with Gasteiger partial charge in [0, 0.05) is 32.0 Å². The fourth-order valence-electron chi connectivity index (χ4n) is 1.25. The van der Waals surface area contributed by atoms with Crippen molar-refractivity contribution in [3.05, 3.63) is 18.2 Å². The molecule has 1 N–H and O–H groups in total. The normalized spacial score (nSPS) is 11.3. The molecule has 0 unspecified atom stereocenters. The van der Waals surface area contributed by atoms with Crippen molar-refractivity contribution in [3.8, 4) is 0 Å². The van der Waals surface area contributed by atoms with Crippen LogP contribution in [0.25, 0.3) is 0 Å². The highest BCUT2D eigenvalue weighted by Crippen LogP contribution is 2.03. The Kier molecular flexibility index (Phi) is 3.57. The maximum Gasteiger partial charge on any atom is 0.317 e. The van der Waals surface area contributed by atoms with Crippen LogP contribution in [0.2, 0.25) is 0 Å². The van der Waals surface area contributed by atoms with Crippen molar-refractivity contribution >= 4 is 6.03 Å². The number of hydrogen-bond acceptors (Lipinski definition) is 2. The summed E-state index contributed by atoms with van der Waals surface area (Å²) in [7, 11) is 3.67. The molecule has 1 rings (SSSR count). The molecule has 16 heavy (non-hydrogen) atoms. The van der Waals surface area contributed by atoms with Crippen LogP contribution >= 0.6 is 0 Å². The monoisotopic (exact) mass is 224 g/mol. The molecule has 5 nitrogen and oxygen atoms in total. The van der Waals surface area contributed by atoms with Gasteiger partial charge in [0.05, 0.1) is 6.54 Å². The Hall–Kier alpha value is -1.52. The van der Waals surface area contributed by atoms with Crippen molar-refractivity contribution in [1.29, 1.82) is 0 Å². The van der Waals surface area contributed by atoms with E-state index in [1.807, 2.05) is 38.6 Å².